The predicted molar refractivity (Wildman–Crippen MR) is 71.2 cm³/mol. The highest BCUT2D eigenvalue weighted by Crippen LogP contribution is 2.20. The molecular weight excluding hydrogens is 312 g/mol. The van der Waals surface area contributed by atoms with E-state index in [1.807, 2.05) is 0 Å². The summed E-state index contributed by atoms with van der Waals surface area (Å²) in [6.45, 7) is 2.11. The van der Waals surface area contributed by atoms with Crippen LogP contribution in [0.3, 0.4) is 0 Å². The van der Waals surface area contributed by atoms with Crippen LogP contribution in [0.2, 0.25) is 0 Å². The van der Waals surface area contributed by atoms with E-state index in [0.717, 1.165) is 23.3 Å². The van der Waals surface area contributed by atoms with Crippen molar-refractivity contribution in [3.05, 3.63) is 20.8 Å². The Bertz CT molecular complexity index is 417. The lowest BCUT2D eigenvalue weighted by atomic mass is 10.3. The molecule has 7 heteroatoms. The number of nitrogens with one attached hydrogen (secondary N) is 2. The van der Waals surface area contributed by atoms with Crippen LogP contribution in [0.5, 0.6) is 0 Å². The molecule has 16 heavy (non-hydrogen) atoms. The Labute approximate surface area is 109 Å². The maximum absolute atomic E-state index is 10.8. The summed E-state index contributed by atoms with van der Waals surface area (Å²) in [5, 5.41) is 5.34. The molecule has 0 unspecified atom stereocenters. The van der Waals surface area contributed by atoms with E-state index in [2.05, 4.69) is 37.4 Å². The quantitative estimate of drug-likeness (QED) is 0.747. The Balaban J connectivity index is 2.04. The first-order valence-electron chi connectivity index (χ1n) is 4.85. The summed E-state index contributed by atoms with van der Waals surface area (Å²) in [5.41, 5.74) is 1.24. The minimum absolute atomic E-state index is 0.485. The SMILES string of the molecule is CS(=O)(=O)NCCCNCc1csc(Br)c1. The van der Waals surface area contributed by atoms with Gasteiger partial charge in [-0.3, -0.25) is 0 Å². The van der Waals surface area contributed by atoms with Gasteiger partial charge in [0.25, 0.3) is 0 Å². The van der Waals surface area contributed by atoms with Crippen molar-refractivity contribution in [2.75, 3.05) is 19.3 Å². The predicted octanol–water partition coefficient (Wildman–Crippen LogP) is 1.54. The lowest BCUT2D eigenvalue weighted by Gasteiger charge is -2.03. The normalized spacial score (nSPS) is 11.9. The molecule has 0 amide bonds. The molecule has 1 heterocycles. The zero-order valence-electron chi connectivity index (χ0n) is 8.99. The molecule has 0 saturated heterocycles. The average molecular weight is 327 g/mol. The first kappa shape index (κ1) is 14.1. The van der Waals surface area contributed by atoms with Gasteiger partial charge in [-0.2, -0.15) is 0 Å². The van der Waals surface area contributed by atoms with E-state index in [4.69, 9.17) is 0 Å². The molecule has 92 valence electrons. The molecule has 0 atom stereocenters. The zero-order valence-corrected chi connectivity index (χ0v) is 12.2. The van der Waals surface area contributed by atoms with E-state index in [9.17, 15) is 8.42 Å². The van der Waals surface area contributed by atoms with E-state index >= 15 is 0 Å². The second kappa shape index (κ2) is 6.70. The van der Waals surface area contributed by atoms with Crippen molar-refractivity contribution in [1.82, 2.24) is 10.0 Å². The lowest BCUT2D eigenvalue weighted by molar-refractivity contribution is 0.579. The molecule has 0 radical (unpaired) electrons. The zero-order chi connectivity index (χ0) is 12.0. The van der Waals surface area contributed by atoms with Gasteiger partial charge in [-0.15, -0.1) is 11.3 Å². The molecule has 4 nitrogen and oxygen atoms in total. The summed E-state index contributed by atoms with van der Waals surface area (Å²) < 4.78 is 25.1. The molecule has 0 aliphatic heterocycles. The van der Waals surface area contributed by atoms with Gasteiger partial charge >= 0.3 is 0 Å². The molecule has 0 fully saturated rings. The smallest absolute Gasteiger partial charge is 0.208 e. The largest absolute Gasteiger partial charge is 0.313 e. The van der Waals surface area contributed by atoms with Gasteiger partial charge in [0.15, 0.2) is 0 Å². The maximum atomic E-state index is 10.8. The van der Waals surface area contributed by atoms with Crippen LogP contribution in [-0.2, 0) is 16.6 Å². The molecular formula is C9H15BrN2O2S2. The van der Waals surface area contributed by atoms with Gasteiger partial charge in [0.05, 0.1) is 10.0 Å². The van der Waals surface area contributed by atoms with E-state index in [-0.39, 0.29) is 0 Å². The topological polar surface area (TPSA) is 58.2 Å². The van der Waals surface area contributed by atoms with Crippen molar-refractivity contribution in [2.24, 2.45) is 0 Å². The Kier molecular flexibility index (Phi) is 5.91. The van der Waals surface area contributed by atoms with Crippen LogP contribution in [0.4, 0.5) is 0 Å². The van der Waals surface area contributed by atoms with Crippen LogP contribution in [0.25, 0.3) is 0 Å². The number of rotatable bonds is 7. The van der Waals surface area contributed by atoms with Crippen molar-refractivity contribution in [3.8, 4) is 0 Å². The fourth-order valence-corrected chi connectivity index (χ4v) is 2.87. The molecule has 1 rings (SSSR count). The first-order chi connectivity index (χ1) is 7.47. The summed E-state index contributed by atoms with van der Waals surface area (Å²) in [7, 11) is -3.04. The van der Waals surface area contributed by atoms with Gasteiger partial charge in [-0.05, 0) is 45.9 Å². The van der Waals surface area contributed by atoms with Crippen LogP contribution in [0.15, 0.2) is 15.2 Å². The van der Waals surface area contributed by atoms with Crippen molar-refractivity contribution in [3.63, 3.8) is 0 Å². The summed E-state index contributed by atoms with van der Waals surface area (Å²) in [6, 6.07) is 2.08. The highest BCUT2D eigenvalue weighted by atomic mass is 79.9. The molecule has 0 spiro atoms. The minimum atomic E-state index is -3.04. The van der Waals surface area contributed by atoms with E-state index in [1.165, 1.54) is 11.8 Å². The highest BCUT2D eigenvalue weighted by molar-refractivity contribution is 9.11. The van der Waals surface area contributed by atoms with Gasteiger partial charge in [-0.25, -0.2) is 13.1 Å². The maximum Gasteiger partial charge on any atom is 0.208 e. The number of thiophene rings is 1. The van der Waals surface area contributed by atoms with Crippen molar-refractivity contribution in [2.45, 2.75) is 13.0 Å². The molecule has 1 aromatic rings. The molecule has 0 bridgehead atoms. The fourth-order valence-electron chi connectivity index (χ4n) is 1.14. The Morgan fingerprint density at radius 1 is 1.44 bits per heavy atom. The van der Waals surface area contributed by atoms with Crippen molar-refractivity contribution >= 4 is 37.3 Å². The van der Waals surface area contributed by atoms with Crippen molar-refractivity contribution < 1.29 is 8.42 Å². The van der Waals surface area contributed by atoms with Gasteiger partial charge in [0, 0.05) is 13.1 Å². The summed E-state index contributed by atoms with van der Waals surface area (Å²) in [6.07, 6.45) is 1.96. The van der Waals surface area contributed by atoms with Crippen LogP contribution in [0, 0.1) is 0 Å². The summed E-state index contributed by atoms with van der Waals surface area (Å²) in [4.78, 5) is 0. The second-order valence-electron chi connectivity index (χ2n) is 3.46. The molecule has 0 saturated carbocycles. The number of hydrogen-bond acceptors (Lipinski definition) is 4. The van der Waals surface area contributed by atoms with E-state index in [1.54, 1.807) is 11.3 Å². The molecule has 0 aliphatic carbocycles. The van der Waals surface area contributed by atoms with Crippen LogP contribution < -0.4 is 10.0 Å². The van der Waals surface area contributed by atoms with Crippen LogP contribution in [0.1, 0.15) is 12.0 Å². The summed E-state index contributed by atoms with van der Waals surface area (Å²) in [5.74, 6) is 0. The summed E-state index contributed by atoms with van der Waals surface area (Å²) >= 11 is 5.06. The lowest BCUT2D eigenvalue weighted by Crippen LogP contribution is -2.26. The second-order valence-corrected chi connectivity index (χ2v) is 7.58. The average Bonchev–Trinajstić information content (AvgIpc) is 2.56. The third-order valence-electron chi connectivity index (χ3n) is 1.85. The molecule has 0 aromatic carbocycles. The molecule has 0 aliphatic rings. The third-order valence-corrected chi connectivity index (χ3v) is 4.13. The van der Waals surface area contributed by atoms with Crippen LogP contribution >= 0.6 is 27.3 Å². The van der Waals surface area contributed by atoms with Gasteiger partial charge in [-0.1, -0.05) is 0 Å². The van der Waals surface area contributed by atoms with Crippen LogP contribution in [-0.4, -0.2) is 27.8 Å². The first-order valence-corrected chi connectivity index (χ1v) is 8.42. The number of sulfonamides is 1. The van der Waals surface area contributed by atoms with E-state index < -0.39 is 10.0 Å². The Morgan fingerprint density at radius 3 is 2.75 bits per heavy atom. The minimum Gasteiger partial charge on any atom is -0.313 e. The standard InChI is InChI=1S/C9H15BrN2O2S2/c1-16(13,14)12-4-2-3-11-6-8-5-9(10)15-7-8/h5,7,11-12H,2-4,6H2,1H3. The Hall–Kier alpha value is 0.0500. The highest BCUT2D eigenvalue weighted by Gasteiger charge is 1.99. The molecule has 2 N–H and O–H groups in total. The van der Waals surface area contributed by atoms with E-state index in [0.29, 0.717) is 6.54 Å². The van der Waals surface area contributed by atoms with Crippen molar-refractivity contribution in [1.29, 1.82) is 0 Å². The Morgan fingerprint density at radius 2 is 2.19 bits per heavy atom. The van der Waals surface area contributed by atoms with Gasteiger partial charge in [0.2, 0.25) is 10.0 Å². The monoisotopic (exact) mass is 326 g/mol. The number of halogens is 1. The van der Waals surface area contributed by atoms with Gasteiger partial charge < -0.3 is 5.32 Å². The fraction of sp³-hybridized carbons (Fsp3) is 0.556. The van der Waals surface area contributed by atoms with Gasteiger partial charge in [0.1, 0.15) is 0 Å². The third kappa shape index (κ3) is 6.59. The molecule has 1 aromatic heterocycles. The number of hydrogen-bond donors (Lipinski definition) is 2.